The third-order valence-electron chi connectivity index (χ3n) is 1.42. The molecule has 0 aliphatic heterocycles. The van der Waals surface area contributed by atoms with Crippen molar-refractivity contribution in [2.75, 3.05) is 12.4 Å². The van der Waals surface area contributed by atoms with Gasteiger partial charge in [0, 0.05) is 18.6 Å². The lowest BCUT2D eigenvalue weighted by Crippen LogP contribution is -1.83. The highest BCUT2D eigenvalue weighted by Crippen LogP contribution is 2.29. The molecule has 0 aromatic carbocycles. The molecule has 0 unspecified atom stereocenters. The van der Waals surface area contributed by atoms with Gasteiger partial charge in [-0.3, -0.25) is 0 Å². The molecule has 0 bridgehead atoms. The van der Waals surface area contributed by atoms with Gasteiger partial charge < -0.3 is 5.11 Å². The highest BCUT2D eigenvalue weighted by molar-refractivity contribution is 8.76. The fraction of sp³-hybridized carbons (Fsp3) is 0.545. The largest absolute Gasteiger partial charge is 0.396 e. The third-order valence-corrected chi connectivity index (χ3v) is 3.77. The number of unbranched alkanes of at least 4 members (excludes halogenated alkanes) is 1. The van der Waals surface area contributed by atoms with Crippen LogP contribution in [0.3, 0.4) is 0 Å². The van der Waals surface area contributed by atoms with Crippen molar-refractivity contribution in [2.24, 2.45) is 0 Å². The maximum Gasteiger partial charge on any atom is 0.106 e. The summed E-state index contributed by atoms with van der Waals surface area (Å²) in [5.41, 5.74) is 0. The molecule has 1 heterocycles. The van der Waals surface area contributed by atoms with Gasteiger partial charge in [0.25, 0.3) is 0 Å². The van der Waals surface area contributed by atoms with Crippen molar-refractivity contribution in [3.63, 3.8) is 0 Å². The van der Waals surface area contributed by atoms with E-state index in [1.807, 2.05) is 32.0 Å². The molecule has 0 aliphatic rings. The zero-order valence-corrected chi connectivity index (χ0v) is 11.0. The molecule has 1 aromatic heterocycles. The number of aliphatic hydroxyl groups is 1. The summed E-state index contributed by atoms with van der Waals surface area (Å²) in [7, 11) is 3.48. The highest BCUT2D eigenvalue weighted by Gasteiger charge is 1.94. The summed E-state index contributed by atoms with van der Waals surface area (Å²) in [5.74, 6) is 1.07. The van der Waals surface area contributed by atoms with E-state index in [4.69, 9.17) is 5.11 Å². The average molecular weight is 245 g/mol. The summed E-state index contributed by atoms with van der Waals surface area (Å²) in [6.45, 7) is 4.30. The minimum absolute atomic E-state index is 0.300. The van der Waals surface area contributed by atoms with E-state index >= 15 is 0 Å². The summed E-state index contributed by atoms with van der Waals surface area (Å²) >= 11 is 0. The van der Waals surface area contributed by atoms with Gasteiger partial charge in [0.15, 0.2) is 0 Å². The number of pyridine rings is 1. The van der Waals surface area contributed by atoms with Crippen LogP contribution in [0, 0.1) is 0 Å². The molecule has 0 fully saturated rings. The van der Waals surface area contributed by atoms with Crippen LogP contribution in [-0.4, -0.2) is 22.5 Å². The van der Waals surface area contributed by atoms with Crippen molar-refractivity contribution < 1.29 is 5.11 Å². The zero-order valence-electron chi connectivity index (χ0n) is 9.35. The summed E-state index contributed by atoms with van der Waals surface area (Å²) in [4.78, 5) is 4.19. The fourth-order valence-corrected chi connectivity index (χ4v) is 2.80. The van der Waals surface area contributed by atoms with Crippen LogP contribution in [0.2, 0.25) is 0 Å². The monoisotopic (exact) mass is 245 g/mol. The Morgan fingerprint density at radius 3 is 2.67 bits per heavy atom. The average Bonchev–Trinajstić information content (AvgIpc) is 2.33. The Balaban J connectivity index is 0.000000921. The second kappa shape index (κ2) is 11.9. The Morgan fingerprint density at radius 1 is 1.27 bits per heavy atom. The number of rotatable bonds is 6. The van der Waals surface area contributed by atoms with Crippen molar-refractivity contribution in [2.45, 2.75) is 31.7 Å². The standard InChI is InChI=1S/C9H13NOS2.C2H6/c11-7-3-4-8-12-13-9-5-1-2-6-10-9;1-2/h1-2,5-6,11H,3-4,7-8H2;1-2H3. The van der Waals surface area contributed by atoms with Crippen molar-refractivity contribution in [1.29, 1.82) is 0 Å². The lowest BCUT2D eigenvalue weighted by atomic mass is 10.4. The van der Waals surface area contributed by atoms with E-state index in [9.17, 15) is 0 Å². The predicted molar refractivity (Wildman–Crippen MR) is 70.2 cm³/mol. The molecule has 0 radical (unpaired) electrons. The summed E-state index contributed by atoms with van der Waals surface area (Å²) in [6, 6.07) is 5.91. The molecular formula is C11H19NOS2. The van der Waals surface area contributed by atoms with Crippen LogP contribution in [0.5, 0.6) is 0 Å². The third kappa shape index (κ3) is 8.78. The van der Waals surface area contributed by atoms with E-state index < -0.39 is 0 Å². The Morgan fingerprint density at radius 2 is 2.07 bits per heavy atom. The Labute approximate surface area is 100 Å². The predicted octanol–water partition coefficient (Wildman–Crippen LogP) is 3.62. The fourth-order valence-electron chi connectivity index (χ4n) is 0.771. The van der Waals surface area contributed by atoms with Gasteiger partial charge in [-0.1, -0.05) is 30.7 Å². The molecule has 4 heteroatoms. The van der Waals surface area contributed by atoms with Crippen LogP contribution in [0.1, 0.15) is 26.7 Å². The van der Waals surface area contributed by atoms with Gasteiger partial charge >= 0.3 is 0 Å². The number of nitrogens with zero attached hydrogens (tertiary/aromatic N) is 1. The van der Waals surface area contributed by atoms with Crippen molar-refractivity contribution >= 4 is 21.6 Å². The van der Waals surface area contributed by atoms with E-state index in [1.54, 1.807) is 27.8 Å². The van der Waals surface area contributed by atoms with Crippen molar-refractivity contribution in [1.82, 2.24) is 4.98 Å². The molecule has 0 saturated carbocycles. The molecule has 1 rings (SSSR count). The molecule has 0 saturated heterocycles. The SMILES string of the molecule is CC.OCCCCSSc1ccccn1. The van der Waals surface area contributed by atoms with E-state index in [-0.39, 0.29) is 0 Å². The molecule has 0 aliphatic carbocycles. The second-order valence-corrected chi connectivity index (χ2v) is 4.94. The number of hydrogen-bond donors (Lipinski definition) is 1. The smallest absolute Gasteiger partial charge is 0.106 e. The normalized spacial score (nSPS) is 9.27. The lowest BCUT2D eigenvalue weighted by Gasteiger charge is -1.98. The first kappa shape index (κ1) is 14.8. The van der Waals surface area contributed by atoms with E-state index in [0.29, 0.717) is 6.61 Å². The van der Waals surface area contributed by atoms with E-state index in [0.717, 1.165) is 23.6 Å². The minimum atomic E-state index is 0.300. The first-order valence-electron chi connectivity index (χ1n) is 5.25. The summed E-state index contributed by atoms with van der Waals surface area (Å²) in [5, 5.41) is 9.61. The van der Waals surface area contributed by atoms with Crippen LogP contribution in [0.15, 0.2) is 29.4 Å². The zero-order chi connectivity index (χ0) is 11.4. The number of aliphatic hydroxyl groups excluding tert-OH is 1. The Kier molecular flexibility index (Phi) is 11.7. The quantitative estimate of drug-likeness (QED) is 0.613. The van der Waals surface area contributed by atoms with Gasteiger partial charge in [-0.2, -0.15) is 0 Å². The van der Waals surface area contributed by atoms with Crippen LogP contribution >= 0.6 is 21.6 Å². The molecule has 15 heavy (non-hydrogen) atoms. The van der Waals surface area contributed by atoms with Gasteiger partial charge in [0.05, 0.1) is 0 Å². The number of hydrogen-bond acceptors (Lipinski definition) is 4. The molecule has 0 spiro atoms. The van der Waals surface area contributed by atoms with Gasteiger partial charge in [-0.15, -0.1) is 0 Å². The lowest BCUT2D eigenvalue weighted by molar-refractivity contribution is 0.287. The first-order valence-corrected chi connectivity index (χ1v) is 7.57. The highest BCUT2D eigenvalue weighted by atomic mass is 33.1. The molecule has 1 aromatic rings. The van der Waals surface area contributed by atoms with Crippen molar-refractivity contribution in [3.8, 4) is 0 Å². The maximum atomic E-state index is 8.55. The molecule has 86 valence electrons. The summed E-state index contributed by atoms with van der Waals surface area (Å²) in [6.07, 6.45) is 3.77. The second-order valence-electron chi connectivity index (χ2n) is 2.50. The molecule has 1 N–H and O–H groups in total. The van der Waals surface area contributed by atoms with Gasteiger partial charge in [0.2, 0.25) is 0 Å². The summed E-state index contributed by atoms with van der Waals surface area (Å²) < 4.78 is 0. The van der Waals surface area contributed by atoms with E-state index in [2.05, 4.69) is 4.98 Å². The van der Waals surface area contributed by atoms with Gasteiger partial charge in [-0.05, 0) is 35.8 Å². The molecule has 0 amide bonds. The Bertz CT molecular complexity index is 219. The molecule has 2 nitrogen and oxygen atoms in total. The molecule has 0 atom stereocenters. The first-order chi connectivity index (χ1) is 7.43. The van der Waals surface area contributed by atoms with Crippen LogP contribution < -0.4 is 0 Å². The topological polar surface area (TPSA) is 33.1 Å². The number of aromatic nitrogens is 1. The van der Waals surface area contributed by atoms with Crippen molar-refractivity contribution in [3.05, 3.63) is 24.4 Å². The maximum absolute atomic E-state index is 8.55. The minimum Gasteiger partial charge on any atom is -0.396 e. The van der Waals surface area contributed by atoms with E-state index in [1.165, 1.54) is 0 Å². The Hall–Kier alpha value is -0.190. The van der Waals surface area contributed by atoms with Crippen LogP contribution in [0.25, 0.3) is 0 Å². The molecular weight excluding hydrogens is 226 g/mol. The van der Waals surface area contributed by atoms with Gasteiger partial charge in [0.1, 0.15) is 5.03 Å². The van der Waals surface area contributed by atoms with Crippen LogP contribution in [0.4, 0.5) is 0 Å². The van der Waals surface area contributed by atoms with Gasteiger partial charge in [-0.25, -0.2) is 4.98 Å². The van der Waals surface area contributed by atoms with Crippen LogP contribution in [-0.2, 0) is 0 Å².